The van der Waals surface area contributed by atoms with Crippen molar-refractivity contribution in [3.8, 4) is 0 Å². The number of guanidine groups is 1. The number of nitrogens with one attached hydrogen (secondary N) is 2. The number of H-pyrrole nitrogens is 1. The van der Waals surface area contributed by atoms with Crippen LogP contribution in [0.1, 0.15) is 34.7 Å². The molecule has 2 N–H and O–H groups in total. The van der Waals surface area contributed by atoms with Crippen molar-refractivity contribution in [1.29, 1.82) is 0 Å². The van der Waals surface area contributed by atoms with Gasteiger partial charge in [0.1, 0.15) is 5.82 Å². The van der Waals surface area contributed by atoms with E-state index >= 15 is 0 Å². The van der Waals surface area contributed by atoms with Crippen LogP contribution in [0.5, 0.6) is 0 Å². The summed E-state index contributed by atoms with van der Waals surface area (Å²) in [6.07, 6.45) is 5.16. The van der Waals surface area contributed by atoms with Crippen LogP contribution in [0.2, 0.25) is 0 Å². The Bertz CT molecular complexity index is 1070. The van der Waals surface area contributed by atoms with Gasteiger partial charge in [-0.25, -0.2) is 14.4 Å². The maximum absolute atomic E-state index is 14.5. The van der Waals surface area contributed by atoms with E-state index in [1.165, 1.54) is 0 Å². The van der Waals surface area contributed by atoms with Crippen LogP contribution < -0.4 is 5.32 Å². The maximum atomic E-state index is 14.5. The average Bonchev–Trinajstić information content (AvgIpc) is 3.27. The van der Waals surface area contributed by atoms with Crippen molar-refractivity contribution in [2.24, 2.45) is 15.9 Å². The maximum Gasteiger partial charge on any atom is 0.218 e. The quantitative estimate of drug-likeness (QED) is 0.717. The van der Waals surface area contributed by atoms with Gasteiger partial charge in [0.15, 0.2) is 0 Å². The highest BCUT2D eigenvalue weighted by Crippen LogP contribution is 2.41. The molecular weight excluding hydrogens is 365 g/mol. The predicted octanol–water partition coefficient (Wildman–Crippen LogP) is 3.69. The zero-order valence-electron chi connectivity index (χ0n) is 16.0. The number of fused-ring (bicyclic) bond motifs is 3. The summed E-state index contributed by atoms with van der Waals surface area (Å²) in [7, 11) is 0. The molecule has 0 saturated heterocycles. The smallest absolute Gasteiger partial charge is 0.218 e. The van der Waals surface area contributed by atoms with Crippen molar-refractivity contribution in [2.75, 3.05) is 13.1 Å². The van der Waals surface area contributed by atoms with Crippen molar-refractivity contribution < 1.29 is 4.39 Å². The van der Waals surface area contributed by atoms with Gasteiger partial charge < -0.3 is 10.3 Å². The van der Waals surface area contributed by atoms with Gasteiger partial charge in [-0.15, -0.1) is 0 Å². The Balaban J connectivity index is 1.41. The molecule has 0 saturated carbocycles. The highest BCUT2D eigenvalue weighted by atomic mass is 19.1. The van der Waals surface area contributed by atoms with Gasteiger partial charge >= 0.3 is 0 Å². The summed E-state index contributed by atoms with van der Waals surface area (Å²) in [4.78, 5) is 16.6. The summed E-state index contributed by atoms with van der Waals surface area (Å²) in [5, 5.41) is 3.33. The van der Waals surface area contributed by atoms with Crippen LogP contribution in [0.25, 0.3) is 0 Å². The summed E-state index contributed by atoms with van der Waals surface area (Å²) < 4.78 is 14.5. The first-order valence-corrected chi connectivity index (χ1v) is 9.97. The van der Waals surface area contributed by atoms with Gasteiger partial charge in [-0.05, 0) is 23.6 Å². The molecule has 29 heavy (non-hydrogen) atoms. The molecule has 1 aromatic heterocycles. The standard InChI is InChI=1S/C23H22FN5/c24-21-8-4-3-6-18(21)20-11-15-12-27-23(26-10-9-16-13-25-14-28-16)29-22(15)19-7-2-1-5-17(19)20/h1-8,13-15,20H,9-12H2,(H,25,28)(H,26,27). The van der Waals surface area contributed by atoms with Crippen LogP contribution in [-0.4, -0.2) is 34.7 Å². The molecule has 2 heterocycles. The number of nitrogens with zero attached hydrogens (tertiary/aromatic N) is 3. The molecule has 2 unspecified atom stereocenters. The molecule has 3 aromatic rings. The van der Waals surface area contributed by atoms with E-state index in [9.17, 15) is 4.39 Å². The van der Waals surface area contributed by atoms with Gasteiger partial charge in [0.05, 0.1) is 18.6 Å². The van der Waals surface area contributed by atoms with Gasteiger partial charge in [-0.2, -0.15) is 0 Å². The molecule has 146 valence electrons. The molecule has 5 rings (SSSR count). The van der Waals surface area contributed by atoms with Gasteiger partial charge in [-0.1, -0.05) is 42.5 Å². The van der Waals surface area contributed by atoms with E-state index in [-0.39, 0.29) is 17.7 Å². The van der Waals surface area contributed by atoms with Gasteiger partial charge in [0, 0.05) is 42.3 Å². The molecule has 0 bridgehead atoms. The molecule has 2 atom stereocenters. The Hall–Kier alpha value is -3.28. The molecule has 1 aliphatic heterocycles. The summed E-state index contributed by atoms with van der Waals surface area (Å²) in [5.74, 6) is 0.761. The van der Waals surface area contributed by atoms with E-state index in [0.29, 0.717) is 12.5 Å². The predicted molar refractivity (Wildman–Crippen MR) is 112 cm³/mol. The minimum Gasteiger partial charge on any atom is -0.354 e. The van der Waals surface area contributed by atoms with Gasteiger partial charge in [-0.3, -0.25) is 4.99 Å². The van der Waals surface area contributed by atoms with E-state index < -0.39 is 0 Å². The van der Waals surface area contributed by atoms with Crippen molar-refractivity contribution in [3.63, 3.8) is 0 Å². The number of aromatic amines is 1. The van der Waals surface area contributed by atoms with Crippen LogP contribution in [-0.2, 0) is 6.42 Å². The molecule has 2 aliphatic rings. The lowest BCUT2D eigenvalue weighted by atomic mass is 9.72. The Kier molecular flexibility index (Phi) is 4.68. The lowest BCUT2D eigenvalue weighted by molar-refractivity contribution is 0.531. The van der Waals surface area contributed by atoms with Gasteiger partial charge in [0.2, 0.25) is 5.96 Å². The highest BCUT2D eigenvalue weighted by molar-refractivity contribution is 6.11. The second kappa shape index (κ2) is 7.62. The molecule has 0 amide bonds. The molecule has 0 spiro atoms. The number of hydrogen-bond acceptors (Lipinski definition) is 4. The van der Waals surface area contributed by atoms with Crippen LogP contribution in [0.3, 0.4) is 0 Å². The van der Waals surface area contributed by atoms with E-state index in [0.717, 1.165) is 47.5 Å². The minimum atomic E-state index is -0.145. The van der Waals surface area contributed by atoms with E-state index in [1.54, 1.807) is 18.5 Å². The minimum absolute atomic E-state index is 0.0291. The number of aromatic nitrogens is 2. The fourth-order valence-electron chi connectivity index (χ4n) is 4.31. The van der Waals surface area contributed by atoms with E-state index in [1.807, 2.05) is 30.5 Å². The monoisotopic (exact) mass is 387 g/mol. The Labute approximate surface area is 168 Å². The lowest BCUT2D eigenvalue weighted by Gasteiger charge is -2.34. The third kappa shape index (κ3) is 3.46. The topological polar surface area (TPSA) is 65.4 Å². The van der Waals surface area contributed by atoms with Crippen molar-refractivity contribution >= 4 is 11.7 Å². The number of aliphatic imine (C=N–C) groups is 2. The molecule has 0 radical (unpaired) electrons. The molecule has 2 aromatic carbocycles. The Morgan fingerprint density at radius 3 is 2.72 bits per heavy atom. The summed E-state index contributed by atoms with van der Waals surface area (Å²) >= 11 is 0. The Morgan fingerprint density at radius 2 is 1.90 bits per heavy atom. The molecule has 5 nitrogen and oxygen atoms in total. The molecule has 6 heteroatoms. The fraction of sp³-hybridized carbons (Fsp3) is 0.261. The average molecular weight is 387 g/mol. The first-order chi connectivity index (χ1) is 14.3. The van der Waals surface area contributed by atoms with Crippen LogP contribution in [0.15, 0.2) is 71.0 Å². The number of benzene rings is 2. The first-order valence-electron chi connectivity index (χ1n) is 9.97. The van der Waals surface area contributed by atoms with Crippen LogP contribution >= 0.6 is 0 Å². The molecule has 0 fully saturated rings. The van der Waals surface area contributed by atoms with E-state index in [4.69, 9.17) is 4.99 Å². The third-order valence-corrected chi connectivity index (χ3v) is 5.72. The van der Waals surface area contributed by atoms with Crippen molar-refractivity contribution in [2.45, 2.75) is 18.8 Å². The summed E-state index contributed by atoms with van der Waals surface area (Å²) in [6, 6.07) is 15.3. The van der Waals surface area contributed by atoms with E-state index in [2.05, 4.69) is 32.4 Å². The lowest BCUT2D eigenvalue weighted by Crippen LogP contribution is -2.36. The zero-order chi connectivity index (χ0) is 19.6. The van der Waals surface area contributed by atoms with Crippen molar-refractivity contribution in [3.05, 3.63) is 89.3 Å². The first kappa shape index (κ1) is 17.8. The Morgan fingerprint density at radius 1 is 1.07 bits per heavy atom. The normalized spacial score (nSPS) is 20.3. The molecular formula is C23H22FN5. The van der Waals surface area contributed by atoms with Gasteiger partial charge in [0.25, 0.3) is 0 Å². The zero-order valence-corrected chi connectivity index (χ0v) is 16.0. The second-order valence-corrected chi connectivity index (χ2v) is 7.51. The summed E-state index contributed by atoms with van der Waals surface area (Å²) in [6.45, 7) is 1.41. The number of halogens is 1. The van der Waals surface area contributed by atoms with Crippen LogP contribution in [0, 0.1) is 11.7 Å². The highest BCUT2D eigenvalue weighted by Gasteiger charge is 2.35. The second-order valence-electron chi connectivity index (χ2n) is 7.51. The largest absolute Gasteiger partial charge is 0.354 e. The number of rotatable bonds is 4. The third-order valence-electron chi connectivity index (χ3n) is 5.72. The van der Waals surface area contributed by atoms with Crippen LogP contribution in [0.4, 0.5) is 4.39 Å². The van der Waals surface area contributed by atoms with Crippen molar-refractivity contribution in [1.82, 2.24) is 15.3 Å². The summed E-state index contributed by atoms with van der Waals surface area (Å²) in [5.41, 5.74) is 5.15. The SMILES string of the molecule is Fc1ccccc1C1CC2CN=C(NCCc3cnc[nH]3)N=C2c2ccccc21. The number of imidazole rings is 1. The fourth-order valence-corrected chi connectivity index (χ4v) is 4.31. The number of hydrogen-bond donors (Lipinski definition) is 2. The molecule has 1 aliphatic carbocycles.